The molecule has 0 spiro atoms. The number of benzene rings is 2. The van der Waals surface area contributed by atoms with E-state index in [4.69, 9.17) is 24.7 Å². The van der Waals surface area contributed by atoms with E-state index in [2.05, 4.69) is 19.9 Å². The van der Waals surface area contributed by atoms with E-state index in [-0.39, 0.29) is 25.0 Å². The van der Waals surface area contributed by atoms with Crippen LogP contribution in [0.1, 0.15) is 25.6 Å². The van der Waals surface area contributed by atoms with Gasteiger partial charge in [0.15, 0.2) is 5.82 Å². The number of nitrogens with two attached hydrogens (primary N) is 1. The Kier molecular flexibility index (Phi) is 7.17. The number of nitrogens with zero attached hydrogens (tertiary/aromatic N) is 3. The molecule has 3 heterocycles. The van der Waals surface area contributed by atoms with Gasteiger partial charge in [0.1, 0.15) is 17.0 Å². The minimum atomic E-state index is -2.14. The number of para-hydroxylation sites is 1. The van der Waals surface area contributed by atoms with E-state index >= 15 is 0 Å². The number of primary amides is 1. The average molecular weight is 574 g/mol. The lowest BCUT2D eigenvalue weighted by Crippen LogP contribution is -2.56. The molecule has 6 rings (SSSR count). The maximum atomic E-state index is 13.8. The fourth-order valence-corrected chi connectivity index (χ4v) is 4.43. The molecule has 216 valence electrons. The molecule has 2 fully saturated rings. The van der Waals surface area contributed by atoms with Crippen LogP contribution in [0.2, 0.25) is 0 Å². The monoisotopic (exact) mass is 573 g/mol. The smallest absolute Gasteiger partial charge is 0.322 e. The number of nitrogens with one attached hydrogen (secondary N) is 1. The Labute approximate surface area is 240 Å². The number of ether oxygens (including phenoxy) is 4. The van der Waals surface area contributed by atoms with Gasteiger partial charge in [0.2, 0.25) is 0 Å². The first kappa shape index (κ1) is 27.5. The molecule has 4 aromatic rings. The normalized spacial score (nSPS) is 22.0. The quantitative estimate of drug-likeness (QED) is 0.282. The highest BCUT2D eigenvalue weighted by atomic mass is 19.1. The van der Waals surface area contributed by atoms with Gasteiger partial charge >= 0.3 is 17.8 Å². The second-order valence-corrected chi connectivity index (χ2v) is 10.6. The standard InChI is InChI=1S/C30H28FN5O6/c1-29(27(38)39-15-18-7-8-18)16-40-30(25(32)37,41-17-29)26-35-23(19-9-11-20(31)12-10-19)24(36-26)22-13-14-33-28(34-22)42-21-5-3-2-4-6-21/h2-6,9-14,18H,7-8,15-17H2,1H3,(H2,32,37)(H,35,36). The molecule has 2 aromatic carbocycles. The minimum absolute atomic E-state index is 0.0650. The summed E-state index contributed by atoms with van der Waals surface area (Å²) < 4.78 is 36.9. The van der Waals surface area contributed by atoms with Gasteiger partial charge in [0.05, 0.1) is 36.9 Å². The summed E-state index contributed by atoms with van der Waals surface area (Å²) in [4.78, 5) is 42.1. The highest BCUT2D eigenvalue weighted by molar-refractivity contribution is 5.85. The van der Waals surface area contributed by atoms with Crippen molar-refractivity contribution >= 4 is 11.9 Å². The summed E-state index contributed by atoms with van der Waals surface area (Å²) in [5.41, 5.74) is 6.20. The van der Waals surface area contributed by atoms with Crippen LogP contribution < -0.4 is 10.5 Å². The van der Waals surface area contributed by atoms with Crippen molar-refractivity contribution in [1.82, 2.24) is 19.9 Å². The molecule has 42 heavy (non-hydrogen) atoms. The number of aromatic amines is 1. The molecule has 0 bridgehead atoms. The van der Waals surface area contributed by atoms with Gasteiger partial charge in [-0.1, -0.05) is 18.2 Å². The fourth-order valence-electron chi connectivity index (χ4n) is 4.43. The zero-order chi connectivity index (χ0) is 29.3. The van der Waals surface area contributed by atoms with E-state index in [0.29, 0.717) is 40.9 Å². The summed E-state index contributed by atoms with van der Waals surface area (Å²) >= 11 is 0. The summed E-state index contributed by atoms with van der Waals surface area (Å²) in [6.45, 7) is 1.57. The Morgan fingerprint density at radius 2 is 1.76 bits per heavy atom. The van der Waals surface area contributed by atoms with Crippen LogP contribution in [0.15, 0.2) is 66.9 Å². The van der Waals surface area contributed by atoms with Crippen molar-refractivity contribution < 1.29 is 32.9 Å². The van der Waals surface area contributed by atoms with Crippen LogP contribution in [0.5, 0.6) is 11.8 Å². The van der Waals surface area contributed by atoms with E-state index in [1.807, 2.05) is 18.2 Å². The van der Waals surface area contributed by atoms with Crippen molar-refractivity contribution in [3.05, 3.63) is 78.5 Å². The van der Waals surface area contributed by atoms with Gasteiger partial charge in [-0.3, -0.25) is 9.59 Å². The maximum Gasteiger partial charge on any atom is 0.322 e. The van der Waals surface area contributed by atoms with Gasteiger partial charge in [0, 0.05) is 11.8 Å². The lowest BCUT2D eigenvalue weighted by molar-refractivity contribution is -0.293. The third-order valence-corrected chi connectivity index (χ3v) is 7.13. The van der Waals surface area contributed by atoms with E-state index in [9.17, 15) is 14.0 Å². The lowest BCUT2D eigenvalue weighted by Gasteiger charge is -2.40. The van der Waals surface area contributed by atoms with Gasteiger partial charge in [0.25, 0.3) is 5.91 Å². The van der Waals surface area contributed by atoms with Crippen molar-refractivity contribution in [1.29, 1.82) is 0 Å². The molecule has 1 amide bonds. The van der Waals surface area contributed by atoms with Crippen LogP contribution in [-0.4, -0.2) is 51.6 Å². The molecule has 12 heteroatoms. The van der Waals surface area contributed by atoms with Crippen molar-refractivity contribution in [3.63, 3.8) is 0 Å². The molecule has 2 aromatic heterocycles. The molecule has 1 saturated heterocycles. The van der Waals surface area contributed by atoms with Gasteiger partial charge in [-0.25, -0.2) is 14.4 Å². The number of H-pyrrole nitrogens is 1. The van der Waals surface area contributed by atoms with Gasteiger partial charge in [-0.2, -0.15) is 4.98 Å². The first-order chi connectivity index (χ1) is 20.3. The van der Waals surface area contributed by atoms with Crippen LogP contribution in [-0.2, 0) is 29.6 Å². The van der Waals surface area contributed by atoms with Crippen LogP contribution in [0.4, 0.5) is 4.39 Å². The highest BCUT2D eigenvalue weighted by Gasteiger charge is 2.54. The second kappa shape index (κ2) is 11.0. The molecular weight excluding hydrogens is 545 g/mol. The average Bonchev–Trinajstić information content (AvgIpc) is 3.73. The molecule has 0 radical (unpaired) electrons. The highest BCUT2D eigenvalue weighted by Crippen LogP contribution is 2.40. The van der Waals surface area contributed by atoms with Crippen molar-refractivity contribution in [3.8, 4) is 34.4 Å². The Morgan fingerprint density at radius 3 is 2.43 bits per heavy atom. The number of hydrogen-bond donors (Lipinski definition) is 2. The van der Waals surface area contributed by atoms with Crippen LogP contribution in [0.25, 0.3) is 22.6 Å². The number of esters is 1. The predicted molar refractivity (Wildman–Crippen MR) is 146 cm³/mol. The summed E-state index contributed by atoms with van der Waals surface area (Å²) in [5, 5.41) is 0. The topological polar surface area (TPSA) is 152 Å². The van der Waals surface area contributed by atoms with Gasteiger partial charge in [-0.15, -0.1) is 0 Å². The molecule has 3 N–H and O–H groups in total. The Hall–Kier alpha value is -4.68. The zero-order valence-electron chi connectivity index (χ0n) is 22.7. The van der Waals surface area contributed by atoms with Crippen LogP contribution in [0, 0.1) is 17.2 Å². The van der Waals surface area contributed by atoms with E-state index < -0.39 is 28.9 Å². The number of rotatable bonds is 9. The third-order valence-electron chi connectivity index (χ3n) is 7.13. The molecule has 11 nitrogen and oxygen atoms in total. The van der Waals surface area contributed by atoms with Crippen molar-refractivity contribution in [2.75, 3.05) is 19.8 Å². The van der Waals surface area contributed by atoms with E-state index in [1.165, 1.54) is 30.5 Å². The third kappa shape index (κ3) is 5.46. The number of carbonyl (C=O) groups excluding carboxylic acids is 2. The van der Waals surface area contributed by atoms with Crippen LogP contribution >= 0.6 is 0 Å². The Balaban J connectivity index is 1.35. The number of imidazole rings is 1. The molecule has 0 unspecified atom stereocenters. The van der Waals surface area contributed by atoms with E-state index in [1.54, 1.807) is 25.1 Å². The Bertz CT molecular complexity index is 1600. The van der Waals surface area contributed by atoms with Gasteiger partial charge in [-0.05, 0) is 68.1 Å². The van der Waals surface area contributed by atoms with Crippen molar-refractivity contribution in [2.24, 2.45) is 17.1 Å². The summed E-state index contributed by atoms with van der Waals surface area (Å²) in [6, 6.07) is 16.3. The minimum Gasteiger partial charge on any atom is -0.465 e. The lowest BCUT2D eigenvalue weighted by atomic mass is 9.91. The maximum absolute atomic E-state index is 13.8. The number of halogens is 1. The fraction of sp³-hybridized carbons (Fsp3) is 0.300. The first-order valence-electron chi connectivity index (χ1n) is 13.4. The molecule has 2 aliphatic rings. The molecule has 1 saturated carbocycles. The molecule has 1 aliphatic heterocycles. The molecular formula is C30H28FN5O6. The van der Waals surface area contributed by atoms with E-state index in [0.717, 1.165) is 12.8 Å². The SMILES string of the molecule is CC1(C(=O)OCC2CC2)COC(C(N)=O)(c2nc(-c3ccc(F)cc3)c(-c3ccnc(Oc4ccccc4)n3)[nH]2)OC1. The number of amides is 1. The summed E-state index contributed by atoms with van der Waals surface area (Å²) in [6.07, 6.45) is 3.57. The summed E-state index contributed by atoms with van der Waals surface area (Å²) in [7, 11) is 0. The van der Waals surface area contributed by atoms with Crippen molar-refractivity contribution in [2.45, 2.75) is 25.6 Å². The number of aromatic nitrogens is 4. The number of carbonyl (C=O) groups is 2. The Morgan fingerprint density at radius 1 is 1.05 bits per heavy atom. The summed E-state index contributed by atoms with van der Waals surface area (Å²) in [5.74, 6) is -3.17. The first-order valence-corrected chi connectivity index (χ1v) is 13.4. The molecule has 1 aliphatic carbocycles. The largest absolute Gasteiger partial charge is 0.465 e. The predicted octanol–water partition coefficient (Wildman–Crippen LogP) is 4.11. The number of hydrogen-bond acceptors (Lipinski definition) is 9. The van der Waals surface area contributed by atoms with Gasteiger partial charge < -0.3 is 29.7 Å². The molecule has 0 atom stereocenters. The second-order valence-electron chi connectivity index (χ2n) is 10.6. The van der Waals surface area contributed by atoms with Crippen LogP contribution in [0.3, 0.4) is 0 Å². The zero-order valence-corrected chi connectivity index (χ0v) is 22.7.